The maximum Gasteiger partial charge on any atom is 0.321 e. The molecule has 0 aliphatic carbocycles. The molecule has 0 radical (unpaired) electrons. The topological polar surface area (TPSA) is 61.6 Å². The van der Waals surface area contributed by atoms with Crippen molar-refractivity contribution in [3.05, 3.63) is 76.7 Å². The number of aromatic nitrogens is 1. The van der Waals surface area contributed by atoms with Gasteiger partial charge in [-0.05, 0) is 43.5 Å². The number of carbonyl (C=O) groups is 1. The fourth-order valence-corrected chi connectivity index (χ4v) is 3.80. The summed E-state index contributed by atoms with van der Waals surface area (Å²) < 4.78 is 5.20. The molecule has 0 fully saturated rings. The largest absolute Gasteiger partial charge is 0.367 e. The van der Waals surface area contributed by atoms with Gasteiger partial charge in [0.1, 0.15) is 5.76 Å². The van der Waals surface area contributed by atoms with Crippen molar-refractivity contribution in [3.63, 3.8) is 0 Å². The summed E-state index contributed by atoms with van der Waals surface area (Å²) >= 11 is 0. The third-order valence-electron chi connectivity index (χ3n) is 5.53. The van der Waals surface area contributed by atoms with Crippen molar-refractivity contribution in [2.45, 2.75) is 33.4 Å². The quantitative estimate of drug-likeness (QED) is 0.696. The third-order valence-corrected chi connectivity index (χ3v) is 5.53. The number of carbonyl (C=O) groups excluding carboxylic acids is 1. The molecule has 29 heavy (non-hydrogen) atoms. The molecule has 2 amide bonds. The predicted octanol–water partition coefficient (Wildman–Crippen LogP) is 4.52. The van der Waals surface area contributed by atoms with E-state index < -0.39 is 0 Å². The Kier molecular flexibility index (Phi) is 5.25. The molecule has 1 aromatic heterocycles. The number of urea groups is 1. The van der Waals surface area contributed by atoms with Gasteiger partial charge >= 0.3 is 6.03 Å². The molecule has 0 unspecified atom stereocenters. The van der Waals surface area contributed by atoms with E-state index in [1.165, 1.54) is 11.3 Å². The highest BCUT2D eigenvalue weighted by atomic mass is 16.5. The molecule has 1 aliphatic heterocycles. The van der Waals surface area contributed by atoms with Gasteiger partial charge in [0.2, 0.25) is 0 Å². The van der Waals surface area contributed by atoms with Crippen molar-refractivity contribution in [2.24, 2.45) is 0 Å². The lowest BCUT2D eigenvalue weighted by molar-refractivity contribution is 0.220. The van der Waals surface area contributed by atoms with E-state index in [1.807, 2.05) is 32.0 Å². The van der Waals surface area contributed by atoms with Crippen LogP contribution < -0.4 is 10.2 Å². The molecule has 0 bridgehead atoms. The Morgan fingerprint density at radius 2 is 1.93 bits per heavy atom. The van der Waals surface area contributed by atoms with Gasteiger partial charge in [-0.15, -0.1) is 0 Å². The van der Waals surface area contributed by atoms with Crippen molar-refractivity contribution >= 4 is 17.4 Å². The van der Waals surface area contributed by atoms with Crippen LogP contribution in [0.3, 0.4) is 0 Å². The van der Waals surface area contributed by atoms with Crippen molar-refractivity contribution in [3.8, 4) is 0 Å². The summed E-state index contributed by atoms with van der Waals surface area (Å²) in [6.07, 6.45) is 1.06. The Morgan fingerprint density at radius 1 is 1.17 bits per heavy atom. The van der Waals surface area contributed by atoms with Gasteiger partial charge in [-0.2, -0.15) is 0 Å². The number of hydrogen-bond donors (Lipinski definition) is 1. The second kappa shape index (κ2) is 7.99. The van der Waals surface area contributed by atoms with Gasteiger partial charge in [-0.1, -0.05) is 41.6 Å². The number of anilines is 2. The van der Waals surface area contributed by atoms with Crippen LogP contribution in [0.5, 0.6) is 0 Å². The molecule has 2 heterocycles. The average Bonchev–Trinajstić information content (AvgIpc) is 3.27. The molecule has 1 N–H and O–H groups in total. The normalized spacial score (nSPS) is 12.7. The molecule has 0 saturated carbocycles. The van der Waals surface area contributed by atoms with Crippen LogP contribution in [0.25, 0.3) is 0 Å². The zero-order valence-corrected chi connectivity index (χ0v) is 17.1. The highest BCUT2D eigenvalue weighted by Crippen LogP contribution is 2.30. The first-order valence-electron chi connectivity index (χ1n) is 9.87. The predicted molar refractivity (Wildman–Crippen MR) is 114 cm³/mol. The second-order valence-electron chi connectivity index (χ2n) is 7.55. The summed E-state index contributed by atoms with van der Waals surface area (Å²) in [5.41, 5.74) is 6.37. The number of rotatable bonds is 5. The smallest absolute Gasteiger partial charge is 0.321 e. The Balaban J connectivity index is 1.46. The molecule has 0 atom stereocenters. The molecular weight excluding hydrogens is 364 g/mol. The lowest BCUT2D eigenvalue weighted by Crippen LogP contribution is -2.32. The first kappa shape index (κ1) is 19.1. The fourth-order valence-electron chi connectivity index (χ4n) is 3.80. The van der Waals surface area contributed by atoms with Gasteiger partial charge in [0.25, 0.3) is 0 Å². The molecule has 2 aromatic carbocycles. The van der Waals surface area contributed by atoms with E-state index in [1.54, 1.807) is 11.9 Å². The molecule has 3 aromatic rings. The monoisotopic (exact) mass is 390 g/mol. The van der Waals surface area contributed by atoms with Gasteiger partial charge in [0.05, 0.1) is 12.2 Å². The Hall–Kier alpha value is -3.28. The molecule has 150 valence electrons. The standard InChI is InChI=1S/C23H26N4O2/c1-16-20(17(2)29-25-16)15-26(3)23(28)24-21-10-6-4-9-19(21)14-27-13-12-18-8-5-7-11-22(18)27/h4-11H,12-15H2,1-3H3,(H,24,28). The van der Waals surface area contributed by atoms with Crippen molar-refractivity contribution in [2.75, 3.05) is 23.8 Å². The summed E-state index contributed by atoms with van der Waals surface area (Å²) in [6.45, 7) is 5.97. The lowest BCUT2D eigenvalue weighted by atomic mass is 10.1. The van der Waals surface area contributed by atoms with Crippen molar-refractivity contribution in [1.29, 1.82) is 0 Å². The number of amides is 2. The summed E-state index contributed by atoms with van der Waals surface area (Å²) in [7, 11) is 1.78. The van der Waals surface area contributed by atoms with Crippen molar-refractivity contribution < 1.29 is 9.32 Å². The molecule has 6 nitrogen and oxygen atoms in total. The zero-order valence-electron chi connectivity index (χ0n) is 17.1. The maximum absolute atomic E-state index is 12.8. The van der Waals surface area contributed by atoms with Crippen LogP contribution in [-0.2, 0) is 19.5 Å². The number of benzene rings is 2. The van der Waals surface area contributed by atoms with Crippen LogP contribution >= 0.6 is 0 Å². The lowest BCUT2D eigenvalue weighted by Gasteiger charge is -2.23. The fraction of sp³-hybridized carbons (Fsp3) is 0.304. The second-order valence-corrected chi connectivity index (χ2v) is 7.55. The van der Waals surface area contributed by atoms with E-state index in [2.05, 4.69) is 45.7 Å². The highest BCUT2D eigenvalue weighted by molar-refractivity contribution is 5.90. The number of fused-ring (bicyclic) bond motifs is 1. The van der Waals surface area contributed by atoms with E-state index >= 15 is 0 Å². The maximum atomic E-state index is 12.8. The van der Waals surface area contributed by atoms with Crippen LogP contribution in [0, 0.1) is 13.8 Å². The number of hydrogen-bond acceptors (Lipinski definition) is 4. The minimum absolute atomic E-state index is 0.153. The van der Waals surface area contributed by atoms with Gasteiger partial charge in [-0.25, -0.2) is 4.79 Å². The van der Waals surface area contributed by atoms with E-state index in [9.17, 15) is 4.79 Å². The highest BCUT2D eigenvalue weighted by Gasteiger charge is 2.20. The molecule has 0 saturated heterocycles. The average molecular weight is 390 g/mol. The minimum Gasteiger partial charge on any atom is -0.367 e. The van der Waals surface area contributed by atoms with E-state index in [4.69, 9.17) is 4.52 Å². The van der Waals surface area contributed by atoms with Gasteiger partial charge in [-0.3, -0.25) is 0 Å². The third kappa shape index (κ3) is 3.97. The summed E-state index contributed by atoms with van der Waals surface area (Å²) in [5, 5.41) is 7.03. The summed E-state index contributed by atoms with van der Waals surface area (Å²) in [4.78, 5) is 16.8. The molecule has 0 spiro atoms. The molecule has 6 heteroatoms. The van der Waals surface area contributed by atoms with E-state index in [-0.39, 0.29) is 6.03 Å². The van der Waals surface area contributed by atoms with Crippen LogP contribution in [0.1, 0.15) is 28.1 Å². The summed E-state index contributed by atoms with van der Waals surface area (Å²) in [5.74, 6) is 0.746. The first-order valence-corrected chi connectivity index (χ1v) is 9.87. The van der Waals surface area contributed by atoms with Crippen LogP contribution in [0.2, 0.25) is 0 Å². The van der Waals surface area contributed by atoms with Gasteiger partial charge in [0.15, 0.2) is 0 Å². The number of aryl methyl sites for hydroxylation is 2. The van der Waals surface area contributed by atoms with Gasteiger partial charge < -0.3 is 19.6 Å². The van der Waals surface area contributed by atoms with Crippen LogP contribution in [0.15, 0.2) is 53.1 Å². The molecule has 1 aliphatic rings. The number of nitrogens with one attached hydrogen (secondary N) is 1. The Bertz CT molecular complexity index is 1010. The van der Waals surface area contributed by atoms with E-state index in [0.29, 0.717) is 6.54 Å². The first-order chi connectivity index (χ1) is 14.0. The summed E-state index contributed by atoms with van der Waals surface area (Å²) in [6, 6.07) is 16.4. The minimum atomic E-state index is -0.153. The SMILES string of the molecule is Cc1noc(C)c1CN(C)C(=O)Nc1ccccc1CN1CCc2ccccc21. The number of nitrogens with zero attached hydrogens (tertiary/aromatic N) is 3. The zero-order chi connectivity index (χ0) is 20.4. The van der Waals surface area contributed by atoms with Gasteiger partial charge in [0, 0.05) is 37.1 Å². The number of para-hydroxylation sites is 2. The Morgan fingerprint density at radius 3 is 2.72 bits per heavy atom. The van der Waals surface area contributed by atoms with Crippen LogP contribution in [-0.4, -0.2) is 29.7 Å². The molecular formula is C23H26N4O2. The van der Waals surface area contributed by atoms with Crippen LogP contribution in [0.4, 0.5) is 16.2 Å². The Labute approximate surface area is 171 Å². The van der Waals surface area contributed by atoms with E-state index in [0.717, 1.165) is 47.8 Å². The van der Waals surface area contributed by atoms with Crippen molar-refractivity contribution in [1.82, 2.24) is 10.1 Å². The molecule has 4 rings (SSSR count).